The van der Waals surface area contributed by atoms with Crippen LogP contribution in [0.3, 0.4) is 0 Å². The fourth-order valence-corrected chi connectivity index (χ4v) is 2.11. The van der Waals surface area contributed by atoms with Gasteiger partial charge in [0.25, 0.3) is 0 Å². The summed E-state index contributed by atoms with van der Waals surface area (Å²) in [6.07, 6.45) is 2.83. The molecule has 21 heavy (non-hydrogen) atoms. The molecule has 0 radical (unpaired) electrons. The molecular weight excluding hydrogens is 262 g/mol. The second-order valence-corrected chi connectivity index (χ2v) is 4.96. The number of benzene rings is 1. The van der Waals surface area contributed by atoms with E-state index in [0.29, 0.717) is 6.61 Å². The molecule has 0 saturated heterocycles. The molecule has 1 aromatic heterocycles. The number of hydrogen-bond acceptors (Lipinski definition) is 4. The summed E-state index contributed by atoms with van der Waals surface area (Å²) in [5.74, 6) is 0.872. The molecule has 1 aromatic carbocycles. The standard InChI is InChI=1S/C17H23N3O/c1-2-20(14-16-6-3-4-11-19-16)12-5-13-21-17-9-7-15(18)8-10-17/h3-4,6-11H,2,5,12-14,18H2,1H3. The van der Waals surface area contributed by atoms with Crippen molar-refractivity contribution >= 4 is 5.69 Å². The van der Waals surface area contributed by atoms with E-state index < -0.39 is 0 Å². The predicted octanol–water partition coefficient (Wildman–Crippen LogP) is 2.95. The molecule has 0 aliphatic heterocycles. The van der Waals surface area contributed by atoms with Gasteiger partial charge < -0.3 is 10.5 Å². The molecule has 2 N–H and O–H groups in total. The van der Waals surface area contributed by atoms with Crippen molar-refractivity contribution in [3.05, 3.63) is 54.4 Å². The van der Waals surface area contributed by atoms with Crippen LogP contribution in [0.4, 0.5) is 5.69 Å². The number of hydrogen-bond donors (Lipinski definition) is 1. The lowest BCUT2D eigenvalue weighted by molar-refractivity contribution is 0.234. The Balaban J connectivity index is 1.70. The lowest BCUT2D eigenvalue weighted by atomic mass is 10.3. The second-order valence-electron chi connectivity index (χ2n) is 4.96. The first-order chi connectivity index (χ1) is 10.3. The van der Waals surface area contributed by atoms with Crippen molar-refractivity contribution in [1.29, 1.82) is 0 Å². The van der Waals surface area contributed by atoms with Crippen LogP contribution < -0.4 is 10.5 Å². The van der Waals surface area contributed by atoms with Gasteiger partial charge in [0, 0.05) is 25.0 Å². The van der Waals surface area contributed by atoms with Gasteiger partial charge in [0.05, 0.1) is 12.3 Å². The van der Waals surface area contributed by atoms with Crippen molar-refractivity contribution in [2.45, 2.75) is 19.9 Å². The van der Waals surface area contributed by atoms with Crippen LogP contribution in [-0.2, 0) is 6.54 Å². The maximum Gasteiger partial charge on any atom is 0.119 e. The number of nitrogens with zero attached hydrogens (tertiary/aromatic N) is 2. The maximum atomic E-state index is 5.71. The minimum atomic E-state index is 0.711. The normalized spacial score (nSPS) is 10.8. The van der Waals surface area contributed by atoms with E-state index in [9.17, 15) is 0 Å². The third-order valence-corrected chi connectivity index (χ3v) is 3.33. The zero-order valence-electron chi connectivity index (χ0n) is 12.5. The predicted molar refractivity (Wildman–Crippen MR) is 86.2 cm³/mol. The van der Waals surface area contributed by atoms with Crippen molar-refractivity contribution in [1.82, 2.24) is 9.88 Å². The van der Waals surface area contributed by atoms with Crippen molar-refractivity contribution in [2.75, 3.05) is 25.4 Å². The highest BCUT2D eigenvalue weighted by molar-refractivity contribution is 5.41. The van der Waals surface area contributed by atoms with E-state index in [4.69, 9.17) is 10.5 Å². The summed E-state index contributed by atoms with van der Waals surface area (Å²) in [6.45, 7) is 5.78. The van der Waals surface area contributed by atoms with Crippen LogP contribution in [0.25, 0.3) is 0 Å². The van der Waals surface area contributed by atoms with E-state index in [1.54, 1.807) is 0 Å². The van der Waals surface area contributed by atoms with Gasteiger partial charge in [-0.05, 0) is 49.4 Å². The molecular formula is C17H23N3O. The number of nitrogens with two attached hydrogens (primary N) is 1. The van der Waals surface area contributed by atoms with Gasteiger partial charge in [-0.15, -0.1) is 0 Å². The third-order valence-electron chi connectivity index (χ3n) is 3.33. The van der Waals surface area contributed by atoms with Crippen molar-refractivity contribution in [3.63, 3.8) is 0 Å². The number of ether oxygens (including phenoxy) is 1. The van der Waals surface area contributed by atoms with Gasteiger partial charge in [-0.25, -0.2) is 0 Å². The van der Waals surface area contributed by atoms with Crippen LogP contribution in [0.2, 0.25) is 0 Å². The van der Waals surface area contributed by atoms with Crippen LogP contribution in [0.1, 0.15) is 19.0 Å². The van der Waals surface area contributed by atoms with E-state index in [1.807, 2.05) is 42.6 Å². The summed E-state index contributed by atoms with van der Waals surface area (Å²) >= 11 is 0. The average Bonchev–Trinajstić information content (AvgIpc) is 2.53. The largest absolute Gasteiger partial charge is 0.494 e. The summed E-state index contributed by atoms with van der Waals surface area (Å²) in [7, 11) is 0. The van der Waals surface area contributed by atoms with Crippen LogP contribution in [-0.4, -0.2) is 29.6 Å². The first kappa shape index (κ1) is 15.3. The van der Waals surface area contributed by atoms with Crippen LogP contribution >= 0.6 is 0 Å². The Hall–Kier alpha value is -2.07. The molecule has 0 bridgehead atoms. The van der Waals surface area contributed by atoms with Gasteiger partial charge in [0.15, 0.2) is 0 Å². The van der Waals surface area contributed by atoms with E-state index in [1.165, 1.54) is 0 Å². The van der Waals surface area contributed by atoms with Crippen molar-refractivity contribution in [3.8, 4) is 5.75 Å². The Morgan fingerprint density at radius 1 is 1.14 bits per heavy atom. The van der Waals surface area contributed by atoms with Gasteiger partial charge in [0.2, 0.25) is 0 Å². The second kappa shape index (κ2) is 8.27. The van der Waals surface area contributed by atoms with Crippen LogP contribution in [0.5, 0.6) is 5.75 Å². The number of anilines is 1. The third kappa shape index (κ3) is 5.44. The quantitative estimate of drug-likeness (QED) is 0.598. The van der Waals surface area contributed by atoms with Gasteiger partial charge in [-0.3, -0.25) is 9.88 Å². The summed E-state index contributed by atoms with van der Waals surface area (Å²) < 4.78 is 5.71. The van der Waals surface area contributed by atoms with Crippen molar-refractivity contribution in [2.24, 2.45) is 0 Å². The summed E-state index contributed by atoms with van der Waals surface area (Å²) in [5.41, 5.74) is 7.51. The molecule has 0 aliphatic rings. The lowest BCUT2D eigenvalue weighted by Gasteiger charge is -2.19. The molecule has 4 heteroatoms. The Morgan fingerprint density at radius 2 is 1.95 bits per heavy atom. The number of nitrogen functional groups attached to an aromatic ring is 1. The zero-order chi connectivity index (χ0) is 14.9. The topological polar surface area (TPSA) is 51.4 Å². The molecule has 2 rings (SSSR count). The molecule has 1 heterocycles. The molecule has 2 aromatic rings. The van der Waals surface area contributed by atoms with Crippen molar-refractivity contribution < 1.29 is 4.74 Å². The first-order valence-corrected chi connectivity index (χ1v) is 7.38. The van der Waals surface area contributed by atoms with Gasteiger partial charge >= 0.3 is 0 Å². The molecule has 0 fully saturated rings. The Bertz CT molecular complexity index is 513. The van der Waals surface area contributed by atoms with Gasteiger partial charge in [-0.1, -0.05) is 13.0 Å². The molecule has 0 spiro atoms. The fraction of sp³-hybridized carbons (Fsp3) is 0.353. The first-order valence-electron chi connectivity index (χ1n) is 7.38. The summed E-state index contributed by atoms with van der Waals surface area (Å²) in [6, 6.07) is 13.6. The van der Waals surface area contributed by atoms with Gasteiger partial charge in [0.1, 0.15) is 5.75 Å². The Labute approximate surface area is 126 Å². The molecule has 112 valence electrons. The monoisotopic (exact) mass is 285 g/mol. The van der Waals surface area contributed by atoms with Crippen LogP contribution in [0.15, 0.2) is 48.7 Å². The number of aromatic nitrogens is 1. The maximum absolute atomic E-state index is 5.71. The van der Waals surface area contributed by atoms with E-state index in [0.717, 1.165) is 43.2 Å². The van der Waals surface area contributed by atoms with Gasteiger partial charge in [-0.2, -0.15) is 0 Å². The fourth-order valence-electron chi connectivity index (χ4n) is 2.11. The Morgan fingerprint density at radius 3 is 2.62 bits per heavy atom. The molecule has 0 saturated carbocycles. The summed E-state index contributed by atoms with van der Waals surface area (Å²) in [5, 5.41) is 0. The average molecular weight is 285 g/mol. The SMILES string of the molecule is CCN(CCCOc1ccc(N)cc1)Cc1ccccn1. The lowest BCUT2D eigenvalue weighted by Crippen LogP contribution is -2.25. The van der Waals surface area contributed by atoms with E-state index in [2.05, 4.69) is 22.9 Å². The smallest absolute Gasteiger partial charge is 0.119 e. The highest BCUT2D eigenvalue weighted by Gasteiger charge is 2.04. The number of rotatable bonds is 8. The minimum Gasteiger partial charge on any atom is -0.494 e. The minimum absolute atomic E-state index is 0.711. The van der Waals surface area contributed by atoms with E-state index >= 15 is 0 Å². The summed E-state index contributed by atoms with van der Waals surface area (Å²) in [4.78, 5) is 6.74. The highest BCUT2D eigenvalue weighted by Crippen LogP contribution is 2.13. The molecule has 4 nitrogen and oxygen atoms in total. The highest BCUT2D eigenvalue weighted by atomic mass is 16.5. The molecule has 0 atom stereocenters. The molecule has 0 unspecified atom stereocenters. The van der Waals surface area contributed by atoms with E-state index in [-0.39, 0.29) is 0 Å². The molecule has 0 amide bonds. The Kier molecular flexibility index (Phi) is 6.03. The zero-order valence-corrected chi connectivity index (χ0v) is 12.5. The van der Waals surface area contributed by atoms with Crippen LogP contribution in [0, 0.1) is 0 Å². The number of pyridine rings is 1. The molecule has 0 aliphatic carbocycles.